The molecule has 4 heteroatoms. The first-order chi connectivity index (χ1) is 7.66. The van der Waals surface area contributed by atoms with Crippen molar-refractivity contribution < 1.29 is 0 Å². The fraction of sp³-hybridized carbons (Fsp3) is 0.833. The quantitative estimate of drug-likeness (QED) is 0.849. The van der Waals surface area contributed by atoms with Gasteiger partial charge >= 0.3 is 0 Å². The molecule has 0 radical (unpaired) electrons. The molecule has 90 valence electrons. The smallest absolute Gasteiger partial charge is 0.138 e. The summed E-state index contributed by atoms with van der Waals surface area (Å²) in [6, 6.07) is 1.62. The molecule has 0 aliphatic carbocycles. The molecule has 0 spiro atoms. The first kappa shape index (κ1) is 11.6. The molecule has 1 fully saturated rings. The van der Waals surface area contributed by atoms with Crippen LogP contribution in [-0.2, 0) is 6.42 Å². The highest BCUT2D eigenvalue weighted by molar-refractivity contribution is 4.93. The molecule has 2 unspecified atom stereocenters. The Hall–Kier alpha value is -0.900. The number of nitrogens with zero attached hydrogens (tertiary/aromatic N) is 3. The number of aromatic nitrogens is 3. The van der Waals surface area contributed by atoms with Crippen LogP contribution in [0.1, 0.15) is 51.9 Å². The van der Waals surface area contributed by atoms with Crippen molar-refractivity contribution in [3.8, 4) is 0 Å². The van der Waals surface area contributed by atoms with E-state index in [4.69, 9.17) is 0 Å². The van der Waals surface area contributed by atoms with Crippen molar-refractivity contribution in [2.24, 2.45) is 0 Å². The van der Waals surface area contributed by atoms with Crippen molar-refractivity contribution in [2.45, 2.75) is 64.6 Å². The lowest BCUT2D eigenvalue weighted by atomic mass is 9.97. The Morgan fingerprint density at radius 3 is 3.00 bits per heavy atom. The molecular weight excluding hydrogens is 200 g/mol. The van der Waals surface area contributed by atoms with Crippen LogP contribution in [0.3, 0.4) is 0 Å². The lowest BCUT2D eigenvalue weighted by Gasteiger charge is -2.28. The van der Waals surface area contributed by atoms with E-state index in [1.165, 1.54) is 19.3 Å². The minimum atomic E-state index is 0.401. The van der Waals surface area contributed by atoms with E-state index in [1.54, 1.807) is 6.33 Å². The molecule has 1 aliphatic rings. The summed E-state index contributed by atoms with van der Waals surface area (Å²) in [5.74, 6) is 1.11. The molecule has 2 heterocycles. The summed E-state index contributed by atoms with van der Waals surface area (Å²) in [6.45, 7) is 6.56. The van der Waals surface area contributed by atoms with Crippen LogP contribution in [-0.4, -0.2) is 26.8 Å². The highest BCUT2D eigenvalue weighted by atomic mass is 15.3. The van der Waals surface area contributed by atoms with Crippen molar-refractivity contribution in [3.63, 3.8) is 0 Å². The number of nitrogens with one attached hydrogen (secondary N) is 1. The van der Waals surface area contributed by atoms with Gasteiger partial charge in [-0.1, -0.05) is 6.42 Å². The van der Waals surface area contributed by atoms with Crippen LogP contribution in [0.2, 0.25) is 0 Å². The zero-order chi connectivity index (χ0) is 11.5. The highest BCUT2D eigenvalue weighted by Gasteiger charge is 2.20. The third-order valence-corrected chi connectivity index (χ3v) is 3.28. The first-order valence-electron chi connectivity index (χ1n) is 6.31. The van der Waals surface area contributed by atoms with E-state index in [1.807, 2.05) is 4.68 Å². The molecule has 1 N–H and O–H groups in total. The molecule has 1 aliphatic heterocycles. The van der Waals surface area contributed by atoms with E-state index >= 15 is 0 Å². The second kappa shape index (κ2) is 4.95. The molecule has 0 aromatic carbocycles. The van der Waals surface area contributed by atoms with Gasteiger partial charge in [-0.3, -0.25) is 0 Å². The van der Waals surface area contributed by atoms with Gasteiger partial charge in [-0.25, -0.2) is 9.67 Å². The average molecular weight is 222 g/mol. The van der Waals surface area contributed by atoms with Crippen LogP contribution < -0.4 is 5.32 Å². The molecule has 0 amide bonds. The highest BCUT2D eigenvalue weighted by Crippen LogP contribution is 2.16. The molecule has 1 aromatic heterocycles. The summed E-state index contributed by atoms with van der Waals surface area (Å²) in [5, 5.41) is 7.92. The minimum absolute atomic E-state index is 0.401. The molecule has 0 bridgehead atoms. The third-order valence-electron chi connectivity index (χ3n) is 3.28. The fourth-order valence-electron chi connectivity index (χ4n) is 2.47. The summed E-state index contributed by atoms with van der Waals surface area (Å²) in [5.41, 5.74) is 0. The van der Waals surface area contributed by atoms with Crippen molar-refractivity contribution in [2.75, 3.05) is 0 Å². The van der Waals surface area contributed by atoms with Gasteiger partial charge < -0.3 is 5.32 Å². The van der Waals surface area contributed by atoms with Gasteiger partial charge in [0.2, 0.25) is 0 Å². The Bertz CT molecular complexity index is 332. The predicted octanol–water partition coefficient (Wildman–Crippen LogP) is 1.93. The Labute approximate surface area is 97.5 Å². The maximum atomic E-state index is 4.37. The Balaban J connectivity index is 2.00. The van der Waals surface area contributed by atoms with Gasteiger partial charge in [0, 0.05) is 24.5 Å². The first-order valence-corrected chi connectivity index (χ1v) is 6.31. The summed E-state index contributed by atoms with van der Waals surface area (Å²) >= 11 is 0. The van der Waals surface area contributed by atoms with Crippen LogP contribution >= 0.6 is 0 Å². The van der Waals surface area contributed by atoms with E-state index in [9.17, 15) is 0 Å². The molecule has 0 saturated carbocycles. The van der Waals surface area contributed by atoms with Gasteiger partial charge in [0.15, 0.2) is 0 Å². The zero-order valence-electron chi connectivity index (χ0n) is 10.5. The molecule has 4 nitrogen and oxygen atoms in total. The molecule has 16 heavy (non-hydrogen) atoms. The van der Waals surface area contributed by atoms with Crippen molar-refractivity contribution in [3.05, 3.63) is 12.2 Å². The van der Waals surface area contributed by atoms with Crippen LogP contribution in [0.15, 0.2) is 6.33 Å². The van der Waals surface area contributed by atoms with E-state index in [2.05, 4.69) is 36.2 Å². The monoisotopic (exact) mass is 222 g/mol. The predicted molar refractivity (Wildman–Crippen MR) is 64.3 cm³/mol. The van der Waals surface area contributed by atoms with Gasteiger partial charge in [-0.15, -0.1) is 0 Å². The normalized spacial score (nSPS) is 26.2. The van der Waals surface area contributed by atoms with Gasteiger partial charge in [-0.2, -0.15) is 5.10 Å². The molecule has 1 aromatic rings. The molecule has 2 rings (SSSR count). The van der Waals surface area contributed by atoms with E-state index in [0.29, 0.717) is 18.1 Å². The number of hydrogen-bond acceptors (Lipinski definition) is 3. The summed E-state index contributed by atoms with van der Waals surface area (Å²) in [7, 11) is 0. The van der Waals surface area contributed by atoms with Crippen LogP contribution in [0, 0.1) is 0 Å². The van der Waals surface area contributed by atoms with Crippen molar-refractivity contribution in [1.82, 2.24) is 20.1 Å². The Morgan fingerprint density at radius 1 is 1.50 bits per heavy atom. The molecular formula is C12H22N4. The van der Waals surface area contributed by atoms with E-state index in [0.717, 1.165) is 12.2 Å². The van der Waals surface area contributed by atoms with Gasteiger partial charge in [0.05, 0.1) is 0 Å². The maximum absolute atomic E-state index is 4.37. The zero-order valence-corrected chi connectivity index (χ0v) is 10.5. The topological polar surface area (TPSA) is 42.7 Å². The Morgan fingerprint density at radius 2 is 2.31 bits per heavy atom. The third kappa shape index (κ3) is 2.61. The number of piperidine rings is 1. The Kier molecular flexibility index (Phi) is 3.59. The summed E-state index contributed by atoms with van der Waals surface area (Å²) in [4.78, 5) is 4.37. The van der Waals surface area contributed by atoms with Gasteiger partial charge in [0.25, 0.3) is 0 Å². The van der Waals surface area contributed by atoms with Gasteiger partial charge in [0.1, 0.15) is 12.2 Å². The lowest BCUT2D eigenvalue weighted by Crippen LogP contribution is -2.42. The summed E-state index contributed by atoms with van der Waals surface area (Å²) < 4.78 is 2.03. The van der Waals surface area contributed by atoms with Gasteiger partial charge in [-0.05, 0) is 33.6 Å². The van der Waals surface area contributed by atoms with E-state index < -0.39 is 0 Å². The summed E-state index contributed by atoms with van der Waals surface area (Å²) in [6.07, 6.45) is 6.56. The van der Waals surface area contributed by atoms with E-state index in [-0.39, 0.29) is 0 Å². The number of hydrogen-bond donors (Lipinski definition) is 1. The SMILES string of the molecule is CC1CCCC(Cc2ncnn2C(C)C)N1. The molecule has 1 saturated heterocycles. The molecule has 2 atom stereocenters. The minimum Gasteiger partial charge on any atom is -0.311 e. The van der Waals surface area contributed by atoms with Crippen LogP contribution in [0.4, 0.5) is 0 Å². The van der Waals surface area contributed by atoms with Crippen LogP contribution in [0.25, 0.3) is 0 Å². The largest absolute Gasteiger partial charge is 0.311 e. The maximum Gasteiger partial charge on any atom is 0.138 e. The standard InChI is InChI=1S/C12H22N4/c1-9(2)16-12(13-8-14-16)7-11-6-4-5-10(3)15-11/h8-11,15H,4-7H2,1-3H3. The average Bonchev–Trinajstić information content (AvgIpc) is 2.66. The van der Waals surface area contributed by atoms with Crippen molar-refractivity contribution in [1.29, 1.82) is 0 Å². The second-order valence-electron chi connectivity index (χ2n) is 5.11. The van der Waals surface area contributed by atoms with Crippen LogP contribution in [0.5, 0.6) is 0 Å². The lowest BCUT2D eigenvalue weighted by molar-refractivity contribution is 0.325. The second-order valence-corrected chi connectivity index (χ2v) is 5.11. The fourth-order valence-corrected chi connectivity index (χ4v) is 2.47. The number of rotatable bonds is 3. The van der Waals surface area contributed by atoms with Crippen molar-refractivity contribution >= 4 is 0 Å².